The van der Waals surface area contributed by atoms with Gasteiger partial charge in [-0.25, -0.2) is 23.3 Å². The lowest BCUT2D eigenvalue weighted by atomic mass is 10.0. The minimum absolute atomic E-state index is 0.0409. The van der Waals surface area contributed by atoms with Crippen LogP contribution in [0, 0.1) is 13.8 Å². The number of nitrogens with two attached hydrogens (primary N) is 1. The van der Waals surface area contributed by atoms with Crippen LogP contribution in [0.2, 0.25) is 0 Å². The standard InChI is InChI=1S/C23H19N3O6S/c1-13-4-3-5-19(14(13)2)26-22(28)18(21(27)25-23(26)29)12-16-8-11-20(32-16)15-6-9-17(10-7-15)33(24,30)31/h3-12H,1-2H3,(H2,24,30,31)(H,25,27,29). The molecule has 3 aromatic rings. The summed E-state index contributed by atoms with van der Waals surface area (Å²) >= 11 is 0. The molecule has 0 spiro atoms. The first-order valence-corrected chi connectivity index (χ1v) is 11.3. The summed E-state index contributed by atoms with van der Waals surface area (Å²) in [5.74, 6) is -1.02. The molecule has 4 rings (SSSR count). The smallest absolute Gasteiger partial charge is 0.335 e. The van der Waals surface area contributed by atoms with Gasteiger partial charge in [-0.05, 0) is 73.5 Å². The number of urea groups is 1. The van der Waals surface area contributed by atoms with Gasteiger partial charge in [-0.1, -0.05) is 12.1 Å². The minimum Gasteiger partial charge on any atom is -0.457 e. The second kappa shape index (κ2) is 8.15. The number of carbonyl (C=O) groups is 3. The number of hydrogen-bond acceptors (Lipinski definition) is 6. The summed E-state index contributed by atoms with van der Waals surface area (Å²) in [4.78, 5) is 38.8. The summed E-state index contributed by atoms with van der Waals surface area (Å²) < 4.78 is 28.5. The number of primary sulfonamides is 1. The highest BCUT2D eigenvalue weighted by Gasteiger charge is 2.37. The molecule has 168 valence electrons. The monoisotopic (exact) mass is 465 g/mol. The normalized spacial score (nSPS) is 15.8. The first-order chi connectivity index (χ1) is 15.6. The fraction of sp³-hybridized carbons (Fsp3) is 0.0870. The number of barbiturate groups is 1. The number of amides is 4. The van der Waals surface area contributed by atoms with Crippen LogP contribution in [0.1, 0.15) is 16.9 Å². The summed E-state index contributed by atoms with van der Waals surface area (Å²) in [6, 6.07) is 13.3. The third-order valence-corrected chi connectivity index (χ3v) is 6.23. The highest BCUT2D eigenvalue weighted by atomic mass is 32.2. The number of carbonyl (C=O) groups excluding carboxylic acids is 3. The second-order valence-corrected chi connectivity index (χ2v) is 9.01. The molecular weight excluding hydrogens is 446 g/mol. The first-order valence-electron chi connectivity index (χ1n) is 9.77. The van der Waals surface area contributed by atoms with Crippen molar-refractivity contribution in [1.29, 1.82) is 0 Å². The van der Waals surface area contributed by atoms with E-state index in [0.717, 1.165) is 16.0 Å². The first kappa shape index (κ1) is 22.2. The van der Waals surface area contributed by atoms with E-state index in [-0.39, 0.29) is 16.2 Å². The van der Waals surface area contributed by atoms with Crippen molar-refractivity contribution in [2.24, 2.45) is 5.14 Å². The van der Waals surface area contributed by atoms with E-state index in [2.05, 4.69) is 5.32 Å². The Kier molecular flexibility index (Phi) is 5.48. The summed E-state index contributed by atoms with van der Waals surface area (Å²) in [5.41, 5.74) is 2.31. The van der Waals surface area contributed by atoms with Crippen molar-refractivity contribution in [3.05, 3.63) is 77.1 Å². The Morgan fingerprint density at radius 3 is 2.33 bits per heavy atom. The molecule has 3 N–H and O–H groups in total. The number of imide groups is 2. The molecule has 1 saturated heterocycles. The largest absolute Gasteiger partial charge is 0.457 e. The molecule has 1 fully saturated rings. The van der Waals surface area contributed by atoms with Crippen LogP contribution in [0.3, 0.4) is 0 Å². The van der Waals surface area contributed by atoms with Gasteiger partial charge in [0.15, 0.2) is 0 Å². The van der Waals surface area contributed by atoms with E-state index in [0.29, 0.717) is 17.0 Å². The molecule has 4 amide bonds. The van der Waals surface area contributed by atoms with Crippen LogP contribution in [0.5, 0.6) is 0 Å². The van der Waals surface area contributed by atoms with Gasteiger partial charge in [0, 0.05) is 5.56 Å². The van der Waals surface area contributed by atoms with Crippen molar-refractivity contribution in [2.75, 3.05) is 4.90 Å². The topological polar surface area (TPSA) is 140 Å². The molecule has 2 heterocycles. The molecule has 0 aliphatic carbocycles. The zero-order valence-electron chi connectivity index (χ0n) is 17.7. The SMILES string of the molecule is Cc1cccc(N2C(=O)NC(=O)C(=Cc3ccc(-c4ccc(S(N)(=O)=O)cc4)o3)C2=O)c1C. The van der Waals surface area contributed by atoms with Gasteiger partial charge in [-0.15, -0.1) is 0 Å². The maximum Gasteiger partial charge on any atom is 0.335 e. The molecule has 1 aliphatic rings. The van der Waals surface area contributed by atoms with E-state index in [4.69, 9.17) is 9.56 Å². The summed E-state index contributed by atoms with van der Waals surface area (Å²) in [7, 11) is -3.82. The predicted octanol–water partition coefficient (Wildman–Crippen LogP) is 2.88. The van der Waals surface area contributed by atoms with Crippen molar-refractivity contribution in [1.82, 2.24) is 5.32 Å². The Hall–Kier alpha value is -4.02. The van der Waals surface area contributed by atoms with Gasteiger partial charge in [-0.2, -0.15) is 0 Å². The number of hydrogen-bond donors (Lipinski definition) is 2. The Morgan fingerprint density at radius 1 is 0.970 bits per heavy atom. The van der Waals surface area contributed by atoms with Crippen LogP contribution in [0.15, 0.2) is 69.5 Å². The average molecular weight is 465 g/mol. The summed E-state index contributed by atoms with van der Waals surface area (Å²) in [6.45, 7) is 3.64. The number of aryl methyl sites for hydroxylation is 1. The zero-order chi connectivity index (χ0) is 23.9. The Balaban J connectivity index is 1.67. The number of benzene rings is 2. The molecule has 0 bridgehead atoms. The van der Waals surface area contributed by atoms with Crippen LogP contribution in [-0.4, -0.2) is 26.3 Å². The highest BCUT2D eigenvalue weighted by molar-refractivity contribution is 7.89. The van der Waals surface area contributed by atoms with E-state index < -0.39 is 27.9 Å². The van der Waals surface area contributed by atoms with Crippen molar-refractivity contribution < 1.29 is 27.2 Å². The van der Waals surface area contributed by atoms with Crippen LogP contribution in [0.25, 0.3) is 17.4 Å². The van der Waals surface area contributed by atoms with Crippen molar-refractivity contribution in [3.63, 3.8) is 0 Å². The highest BCUT2D eigenvalue weighted by Crippen LogP contribution is 2.28. The number of nitrogens with zero attached hydrogens (tertiary/aromatic N) is 1. The van der Waals surface area contributed by atoms with Gasteiger partial charge in [0.1, 0.15) is 17.1 Å². The molecule has 33 heavy (non-hydrogen) atoms. The number of furan rings is 1. The fourth-order valence-corrected chi connectivity index (χ4v) is 3.91. The molecule has 10 heteroatoms. The molecule has 0 unspecified atom stereocenters. The van der Waals surface area contributed by atoms with Crippen LogP contribution in [0.4, 0.5) is 10.5 Å². The number of anilines is 1. The molecule has 1 aliphatic heterocycles. The maximum atomic E-state index is 13.1. The molecule has 1 aromatic heterocycles. The Bertz CT molecular complexity index is 1440. The van der Waals surface area contributed by atoms with E-state index in [9.17, 15) is 22.8 Å². The summed E-state index contributed by atoms with van der Waals surface area (Å²) in [6.07, 6.45) is 1.25. The lowest BCUT2D eigenvalue weighted by molar-refractivity contribution is -0.122. The number of rotatable bonds is 4. The van der Waals surface area contributed by atoms with Gasteiger partial charge in [0.2, 0.25) is 10.0 Å². The Labute approximate surface area is 189 Å². The minimum atomic E-state index is -3.82. The average Bonchev–Trinajstić information content (AvgIpc) is 3.22. The third kappa shape index (κ3) is 4.21. The van der Waals surface area contributed by atoms with E-state index in [1.807, 2.05) is 13.0 Å². The zero-order valence-corrected chi connectivity index (χ0v) is 18.5. The van der Waals surface area contributed by atoms with Gasteiger partial charge in [0.25, 0.3) is 11.8 Å². The molecular formula is C23H19N3O6S. The van der Waals surface area contributed by atoms with Crippen LogP contribution < -0.4 is 15.4 Å². The van der Waals surface area contributed by atoms with Gasteiger partial charge >= 0.3 is 6.03 Å². The fourth-order valence-electron chi connectivity index (χ4n) is 3.39. The van der Waals surface area contributed by atoms with E-state index in [1.165, 1.54) is 30.3 Å². The molecule has 0 radical (unpaired) electrons. The van der Waals surface area contributed by atoms with Gasteiger partial charge < -0.3 is 4.42 Å². The third-order valence-electron chi connectivity index (χ3n) is 5.30. The molecule has 9 nitrogen and oxygen atoms in total. The lowest BCUT2D eigenvalue weighted by Crippen LogP contribution is -2.54. The van der Waals surface area contributed by atoms with E-state index >= 15 is 0 Å². The lowest BCUT2D eigenvalue weighted by Gasteiger charge is -2.27. The molecule has 2 aromatic carbocycles. The van der Waals surface area contributed by atoms with Gasteiger partial charge in [0.05, 0.1) is 10.6 Å². The second-order valence-electron chi connectivity index (χ2n) is 7.45. The van der Waals surface area contributed by atoms with Crippen LogP contribution in [-0.2, 0) is 19.6 Å². The quantitative estimate of drug-likeness (QED) is 0.449. The van der Waals surface area contributed by atoms with Crippen molar-refractivity contribution in [3.8, 4) is 11.3 Å². The molecule has 0 atom stereocenters. The van der Waals surface area contributed by atoms with Crippen LogP contribution >= 0.6 is 0 Å². The van der Waals surface area contributed by atoms with Gasteiger partial charge in [-0.3, -0.25) is 14.9 Å². The van der Waals surface area contributed by atoms with Crippen molar-refractivity contribution in [2.45, 2.75) is 18.7 Å². The number of sulfonamides is 1. The molecule has 0 saturated carbocycles. The van der Waals surface area contributed by atoms with Crippen molar-refractivity contribution >= 4 is 39.6 Å². The predicted molar refractivity (Wildman–Crippen MR) is 120 cm³/mol. The number of nitrogens with one attached hydrogen (secondary N) is 1. The Morgan fingerprint density at radius 2 is 1.67 bits per heavy atom. The summed E-state index contributed by atoms with van der Waals surface area (Å²) in [5, 5.41) is 7.29. The maximum absolute atomic E-state index is 13.1. The van der Waals surface area contributed by atoms with E-state index in [1.54, 1.807) is 31.2 Å².